The maximum absolute atomic E-state index is 12.5. The third-order valence-corrected chi connectivity index (χ3v) is 8.28. The predicted octanol–water partition coefficient (Wildman–Crippen LogP) is 3.95. The second-order valence-electron chi connectivity index (χ2n) is 5.91. The molecule has 0 aliphatic heterocycles. The van der Waals surface area contributed by atoms with Crippen molar-refractivity contribution in [3.8, 4) is 0 Å². The summed E-state index contributed by atoms with van der Waals surface area (Å²) in [7, 11) is -3.46. The Hall–Kier alpha value is -1.68. The number of benzene rings is 1. The van der Waals surface area contributed by atoms with Gasteiger partial charge in [-0.1, -0.05) is 29.8 Å². The highest BCUT2D eigenvalue weighted by Crippen LogP contribution is 2.25. The molecule has 0 radical (unpaired) electrons. The second kappa shape index (κ2) is 8.14. The molecule has 27 heavy (non-hydrogen) atoms. The first kappa shape index (κ1) is 20.1. The standard InChI is InChI=1S/C18H20BrN3O3S2/c1-3-22(4-2)27(24,25)17-8-6-14(26-17)11-20-18(23)16-10-12-9-13(19)5-7-15(12)21-16/h5-10,21H,3-4,11H2,1-2H3,(H,20,23). The van der Waals surface area contributed by atoms with Gasteiger partial charge in [-0.3, -0.25) is 4.79 Å². The number of nitrogens with one attached hydrogen (secondary N) is 2. The van der Waals surface area contributed by atoms with Crippen LogP contribution in [0.4, 0.5) is 0 Å². The summed E-state index contributed by atoms with van der Waals surface area (Å²) in [6.45, 7) is 4.76. The Kier molecular flexibility index (Phi) is 6.05. The van der Waals surface area contributed by atoms with Crippen LogP contribution in [-0.2, 0) is 16.6 Å². The van der Waals surface area contributed by atoms with Crippen molar-refractivity contribution in [1.82, 2.24) is 14.6 Å². The summed E-state index contributed by atoms with van der Waals surface area (Å²) in [6, 6.07) is 10.9. The van der Waals surface area contributed by atoms with Crippen molar-refractivity contribution in [3.63, 3.8) is 0 Å². The number of fused-ring (bicyclic) bond motifs is 1. The summed E-state index contributed by atoms with van der Waals surface area (Å²) in [4.78, 5) is 16.3. The molecule has 144 valence electrons. The van der Waals surface area contributed by atoms with E-state index in [4.69, 9.17) is 0 Å². The lowest BCUT2D eigenvalue weighted by atomic mass is 10.2. The lowest BCUT2D eigenvalue weighted by molar-refractivity contribution is 0.0947. The lowest BCUT2D eigenvalue weighted by Gasteiger charge is -2.16. The molecular weight excluding hydrogens is 450 g/mol. The minimum absolute atomic E-state index is 0.233. The van der Waals surface area contributed by atoms with E-state index < -0.39 is 10.0 Å². The van der Waals surface area contributed by atoms with E-state index in [1.807, 2.05) is 32.0 Å². The van der Waals surface area contributed by atoms with Gasteiger partial charge in [-0.25, -0.2) is 8.42 Å². The summed E-state index contributed by atoms with van der Waals surface area (Å²) in [5, 5.41) is 3.78. The van der Waals surface area contributed by atoms with Crippen molar-refractivity contribution in [2.24, 2.45) is 0 Å². The van der Waals surface area contributed by atoms with Gasteiger partial charge >= 0.3 is 0 Å². The van der Waals surface area contributed by atoms with Gasteiger partial charge in [0.05, 0.1) is 6.54 Å². The number of aromatic nitrogens is 1. The first-order chi connectivity index (χ1) is 12.8. The van der Waals surface area contributed by atoms with Crippen molar-refractivity contribution in [1.29, 1.82) is 0 Å². The number of carbonyl (C=O) groups is 1. The third-order valence-electron chi connectivity index (χ3n) is 4.19. The average Bonchev–Trinajstić information content (AvgIpc) is 3.27. The Balaban J connectivity index is 1.69. The molecule has 1 aromatic carbocycles. The molecular formula is C18H20BrN3O3S2. The number of aromatic amines is 1. The van der Waals surface area contributed by atoms with Crippen LogP contribution in [-0.4, -0.2) is 36.7 Å². The number of H-pyrrole nitrogens is 1. The van der Waals surface area contributed by atoms with Gasteiger partial charge in [-0.05, 0) is 36.4 Å². The van der Waals surface area contributed by atoms with E-state index in [9.17, 15) is 13.2 Å². The quantitative estimate of drug-likeness (QED) is 0.549. The van der Waals surface area contributed by atoms with E-state index in [1.165, 1.54) is 15.6 Å². The van der Waals surface area contributed by atoms with Crippen molar-refractivity contribution in [3.05, 3.63) is 51.4 Å². The maximum atomic E-state index is 12.5. The van der Waals surface area contributed by atoms with Gasteiger partial charge in [-0.2, -0.15) is 4.31 Å². The monoisotopic (exact) mass is 469 g/mol. The summed E-state index contributed by atoms with van der Waals surface area (Å²) in [5.74, 6) is -0.233. The molecule has 2 aromatic heterocycles. The Morgan fingerprint density at radius 3 is 2.63 bits per heavy atom. The molecule has 3 rings (SSSR count). The van der Waals surface area contributed by atoms with Gasteiger partial charge in [0.25, 0.3) is 15.9 Å². The SMILES string of the molecule is CCN(CC)S(=O)(=O)c1ccc(CNC(=O)c2cc3cc(Br)ccc3[nH]2)s1. The van der Waals surface area contributed by atoms with Crippen molar-refractivity contribution >= 4 is 54.1 Å². The molecule has 0 spiro atoms. The maximum Gasteiger partial charge on any atom is 0.268 e. The van der Waals surface area contributed by atoms with Crippen molar-refractivity contribution in [2.45, 2.75) is 24.6 Å². The zero-order valence-electron chi connectivity index (χ0n) is 15.0. The Bertz CT molecular complexity index is 1070. The summed E-state index contributed by atoms with van der Waals surface area (Å²) in [5.41, 5.74) is 1.35. The van der Waals surface area contributed by atoms with Crippen LogP contribution in [0.25, 0.3) is 10.9 Å². The van der Waals surface area contributed by atoms with Crippen LogP contribution in [0.2, 0.25) is 0 Å². The highest BCUT2D eigenvalue weighted by atomic mass is 79.9. The van der Waals surface area contributed by atoms with Crippen LogP contribution >= 0.6 is 27.3 Å². The molecule has 2 N–H and O–H groups in total. The number of hydrogen-bond donors (Lipinski definition) is 2. The first-order valence-electron chi connectivity index (χ1n) is 8.50. The zero-order valence-corrected chi connectivity index (χ0v) is 18.2. The van der Waals surface area contributed by atoms with Gasteiger partial charge in [0.2, 0.25) is 0 Å². The molecule has 3 aromatic rings. The van der Waals surface area contributed by atoms with Gasteiger partial charge in [0.1, 0.15) is 9.90 Å². The van der Waals surface area contributed by atoms with E-state index in [0.29, 0.717) is 23.0 Å². The Labute approximate surface area is 170 Å². The molecule has 0 aliphatic carbocycles. The van der Waals surface area contributed by atoms with Crippen molar-refractivity contribution < 1.29 is 13.2 Å². The first-order valence-corrected chi connectivity index (χ1v) is 11.6. The van der Waals surface area contributed by atoms with E-state index in [1.54, 1.807) is 18.2 Å². The number of sulfonamides is 1. The Morgan fingerprint density at radius 2 is 1.93 bits per heavy atom. The van der Waals surface area contributed by atoms with Crippen LogP contribution in [0.3, 0.4) is 0 Å². The van der Waals surface area contributed by atoms with Gasteiger partial charge in [-0.15, -0.1) is 11.3 Å². The second-order valence-corrected chi connectivity index (χ2v) is 10.2. The highest BCUT2D eigenvalue weighted by Gasteiger charge is 2.23. The lowest BCUT2D eigenvalue weighted by Crippen LogP contribution is -2.30. The van der Waals surface area contributed by atoms with Crippen LogP contribution in [0, 0.1) is 0 Å². The molecule has 9 heteroatoms. The Morgan fingerprint density at radius 1 is 1.19 bits per heavy atom. The minimum atomic E-state index is -3.46. The van der Waals surface area contributed by atoms with E-state index in [0.717, 1.165) is 20.3 Å². The number of rotatable bonds is 7. The summed E-state index contributed by atoms with van der Waals surface area (Å²) >= 11 is 4.60. The number of halogens is 1. The third kappa shape index (κ3) is 4.26. The molecule has 0 fully saturated rings. The number of hydrogen-bond acceptors (Lipinski definition) is 4. The minimum Gasteiger partial charge on any atom is -0.351 e. The fourth-order valence-corrected chi connectivity index (χ4v) is 6.06. The molecule has 2 heterocycles. The number of carbonyl (C=O) groups excluding carboxylic acids is 1. The number of thiophene rings is 1. The molecule has 0 aliphatic rings. The molecule has 0 saturated heterocycles. The highest BCUT2D eigenvalue weighted by molar-refractivity contribution is 9.10. The van der Waals surface area contributed by atoms with E-state index >= 15 is 0 Å². The fraction of sp³-hybridized carbons (Fsp3) is 0.278. The largest absolute Gasteiger partial charge is 0.351 e. The van der Waals surface area contributed by atoms with Crippen LogP contribution in [0.1, 0.15) is 29.2 Å². The zero-order chi connectivity index (χ0) is 19.6. The topological polar surface area (TPSA) is 82.3 Å². The molecule has 0 unspecified atom stereocenters. The number of amides is 1. The van der Waals surface area contributed by atoms with Gasteiger partial charge in [0.15, 0.2) is 0 Å². The molecule has 0 saturated carbocycles. The van der Waals surface area contributed by atoms with Gasteiger partial charge in [0, 0.05) is 33.3 Å². The normalized spacial score (nSPS) is 12.0. The summed E-state index contributed by atoms with van der Waals surface area (Å²) in [6.07, 6.45) is 0. The average molecular weight is 470 g/mol. The van der Waals surface area contributed by atoms with Crippen LogP contribution in [0.15, 0.2) is 45.1 Å². The van der Waals surface area contributed by atoms with E-state index in [-0.39, 0.29) is 12.5 Å². The fourth-order valence-electron chi connectivity index (χ4n) is 2.77. The predicted molar refractivity (Wildman–Crippen MR) is 112 cm³/mol. The van der Waals surface area contributed by atoms with Crippen molar-refractivity contribution in [2.75, 3.05) is 13.1 Å². The van der Waals surface area contributed by atoms with E-state index in [2.05, 4.69) is 26.2 Å². The molecule has 6 nitrogen and oxygen atoms in total. The smallest absolute Gasteiger partial charge is 0.268 e. The molecule has 0 atom stereocenters. The van der Waals surface area contributed by atoms with Crippen LogP contribution < -0.4 is 5.32 Å². The molecule has 0 bridgehead atoms. The van der Waals surface area contributed by atoms with Crippen LogP contribution in [0.5, 0.6) is 0 Å². The van der Waals surface area contributed by atoms with Gasteiger partial charge < -0.3 is 10.3 Å². The number of nitrogens with zero attached hydrogens (tertiary/aromatic N) is 1. The molecule has 1 amide bonds. The summed E-state index contributed by atoms with van der Waals surface area (Å²) < 4.78 is 27.7.